The minimum atomic E-state index is -0.0484. The molecule has 116 valence electrons. The maximum Gasteiger partial charge on any atom is 0.251 e. The van der Waals surface area contributed by atoms with Gasteiger partial charge in [0.15, 0.2) is 0 Å². The number of pyridine rings is 1. The van der Waals surface area contributed by atoms with E-state index in [1.165, 1.54) is 6.42 Å². The Labute approximate surface area is 126 Å². The Morgan fingerprint density at radius 3 is 3.10 bits per heavy atom. The molecule has 2 N–H and O–H groups in total. The third kappa shape index (κ3) is 5.34. The van der Waals surface area contributed by atoms with Gasteiger partial charge < -0.3 is 15.4 Å². The van der Waals surface area contributed by atoms with Gasteiger partial charge in [0.25, 0.3) is 5.91 Å². The Kier molecular flexibility index (Phi) is 6.47. The molecule has 1 amide bonds. The molecule has 5 nitrogen and oxygen atoms in total. The fourth-order valence-electron chi connectivity index (χ4n) is 2.41. The molecule has 1 aliphatic rings. The molecule has 1 aromatic rings. The van der Waals surface area contributed by atoms with Crippen LogP contribution in [-0.2, 0) is 4.74 Å². The SMILES string of the molecule is CCCNc1cc(C(=O)NCCC2CCCCO2)ccn1. The van der Waals surface area contributed by atoms with Gasteiger partial charge in [-0.3, -0.25) is 4.79 Å². The molecule has 1 aliphatic heterocycles. The summed E-state index contributed by atoms with van der Waals surface area (Å²) in [6.45, 7) is 4.47. The minimum Gasteiger partial charge on any atom is -0.378 e. The van der Waals surface area contributed by atoms with Crippen molar-refractivity contribution in [3.8, 4) is 0 Å². The standard InChI is InChI=1S/C16H25N3O2/c1-2-8-17-15-12-13(6-9-18-15)16(20)19-10-7-14-5-3-4-11-21-14/h6,9,12,14H,2-5,7-8,10-11H2,1H3,(H,17,18)(H,19,20). The number of amides is 1. The van der Waals surface area contributed by atoms with E-state index >= 15 is 0 Å². The third-order valence-electron chi connectivity index (χ3n) is 3.60. The Balaban J connectivity index is 1.76. The molecule has 2 rings (SSSR count). The molecular weight excluding hydrogens is 266 g/mol. The second kappa shape index (κ2) is 8.62. The van der Waals surface area contributed by atoms with E-state index in [0.29, 0.717) is 18.2 Å². The number of hydrogen-bond acceptors (Lipinski definition) is 4. The summed E-state index contributed by atoms with van der Waals surface area (Å²) in [4.78, 5) is 16.3. The van der Waals surface area contributed by atoms with Crippen molar-refractivity contribution < 1.29 is 9.53 Å². The largest absolute Gasteiger partial charge is 0.378 e. The minimum absolute atomic E-state index is 0.0484. The molecule has 0 saturated carbocycles. The molecule has 0 radical (unpaired) electrons. The van der Waals surface area contributed by atoms with Crippen LogP contribution in [0.3, 0.4) is 0 Å². The highest BCUT2D eigenvalue weighted by molar-refractivity contribution is 5.94. The van der Waals surface area contributed by atoms with Crippen molar-refractivity contribution in [1.29, 1.82) is 0 Å². The first-order chi connectivity index (χ1) is 10.3. The summed E-state index contributed by atoms with van der Waals surface area (Å²) in [7, 11) is 0. The molecule has 5 heteroatoms. The number of aromatic nitrogens is 1. The van der Waals surface area contributed by atoms with Crippen LogP contribution in [0.1, 0.15) is 49.4 Å². The molecule has 1 aromatic heterocycles. The summed E-state index contributed by atoms with van der Waals surface area (Å²) in [5.41, 5.74) is 0.646. The number of carbonyl (C=O) groups is 1. The van der Waals surface area contributed by atoms with Crippen LogP contribution in [0.15, 0.2) is 18.3 Å². The van der Waals surface area contributed by atoms with Crippen LogP contribution in [0, 0.1) is 0 Å². The summed E-state index contributed by atoms with van der Waals surface area (Å²) in [5.74, 6) is 0.702. The smallest absolute Gasteiger partial charge is 0.251 e. The zero-order chi connectivity index (χ0) is 14.9. The van der Waals surface area contributed by atoms with Crippen LogP contribution in [0.25, 0.3) is 0 Å². The number of anilines is 1. The first-order valence-corrected chi connectivity index (χ1v) is 7.89. The molecule has 1 atom stereocenters. The van der Waals surface area contributed by atoms with E-state index in [1.807, 2.05) is 0 Å². The van der Waals surface area contributed by atoms with Gasteiger partial charge in [0.2, 0.25) is 0 Å². The predicted molar refractivity (Wildman–Crippen MR) is 83.6 cm³/mol. The zero-order valence-corrected chi connectivity index (χ0v) is 12.7. The van der Waals surface area contributed by atoms with Crippen LogP contribution < -0.4 is 10.6 Å². The van der Waals surface area contributed by atoms with Gasteiger partial charge in [0.05, 0.1) is 6.10 Å². The van der Waals surface area contributed by atoms with E-state index in [9.17, 15) is 4.79 Å². The molecular formula is C16H25N3O2. The van der Waals surface area contributed by atoms with Crippen molar-refractivity contribution in [2.75, 3.05) is 25.0 Å². The molecule has 0 aliphatic carbocycles. The fraction of sp³-hybridized carbons (Fsp3) is 0.625. The van der Waals surface area contributed by atoms with Crippen molar-refractivity contribution in [2.24, 2.45) is 0 Å². The van der Waals surface area contributed by atoms with Crippen LogP contribution in [0.5, 0.6) is 0 Å². The number of carbonyl (C=O) groups excluding carboxylic acids is 1. The van der Waals surface area contributed by atoms with E-state index in [0.717, 1.165) is 44.7 Å². The first kappa shape index (κ1) is 15.8. The molecule has 0 spiro atoms. The lowest BCUT2D eigenvalue weighted by Crippen LogP contribution is -2.29. The first-order valence-electron chi connectivity index (χ1n) is 7.89. The van der Waals surface area contributed by atoms with Crippen LogP contribution in [-0.4, -0.2) is 36.7 Å². The van der Waals surface area contributed by atoms with Crippen molar-refractivity contribution in [1.82, 2.24) is 10.3 Å². The van der Waals surface area contributed by atoms with E-state index in [2.05, 4.69) is 22.5 Å². The molecule has 21 heavy (non-hydrogen) atoms. The summed E-state index contributed by atoms with van der Waals surface area (Å²) in [6, 6.07) is 3.53. The van der Waals surface area contributed by atoms with E-state index in [-0.39, 0.29) is 5.91 Å². The quantitative estimate of drug-likeness (QED) is 0.810. The lowest BCUT2D eigenvalue weighted by Gasteiger charge is -2.22. The lowest BCUT2D eigenvalue weighted by atomic mass is 10.1. The average molecular weight is 291 g/mol. The molecule has 0 aromatic carbocycles. The fourth-order valence-corrected chi connectivity index (χ4v) is 2.41. The summed E-state index contributed by atoms with van der Waals surface area (Å²) in [5, 5.41) is 6.14. The van der Waals surface area contributed by atoms with Crippen LogP contribution in [0.4, 0.5) is 5.82 Å². The molecule has 1 fully saturated rings. The van der Waals surface area contributed by atoms with Crippen LogP contribution in [0.2, 0.25) is 0 Å². The van der Waals surface area contributed by atoms with Crippen molar-refractivity contribution >= 4 is 11.7 Å². The number of nitrogens with one attached hydrogen (secondary N) is 2. The van der Waals surface area contributed by atoms with Gasteiger partial charge in [-0.25, -0.2) is 4.98 Å². The second-order valence-electron chi connectivity index (χ2n) is 5.39. The number of nitrogens with zero attached hydrogens (tertiary/aromatic N) is 1. The average Bonchev–Trinajstić information content (AvgIpc) is 2.54. The van der Waals surface area contributed by atoms with E-state index < -0.39 is 0 Å². The maximum absolute atomic E-state index is 12.1. The monoisotopic (exact) mass is 291 g/mol. The highest BCUT2D eigenvalue weighted by Crippen LogP contribution is 2.15. The van der Waals surface area contributed by atoms with Crippen molar-refractivity contribution in [3.63, 3.8) is 0 Å². The zero-order valence-electron chi connectivity index (χ0n) is 12.7. The maximum atomic E-state index is 12.1. The molecule has 1 saturated heterocycles. The Bertz CT molecular complexity index is 445. The topological polar surface area (TPSA) is 63.2 Å². The van der Waals surface area contributed by atoms with Crippen molar-refractivity contribution in [2.45, 2.75) is 45.1 Å². The lowest BCUT2D eigenvalue weighted by molar-refractivity contribution is 0.0117. The van der Waals surface area contributed by atoms with E-state index in [4.69, 9.17) is 4.74 Å². The predicted octanol–water partition coefficient (Wildman–Crippen LogP) is 2.59. The van der Waals surface area contributed by atoms with Gasteiger partial charge >= 0.3 is 0 Å². The van der Waals surface area contributed by atoms with Gasteiger partial charge in [-0.05, 0) is 44.2 Å². The summed E-state index contributed by atoms with van der Waals surface area (Å²) in [6.07, 6.45) is 7.38. The van der Waals surface area contributed by atoms with Crippen LogP contribution >= 0.6 is 0 Å². The number of ether oxygens (including phenoxy) is 1. The molecule has 2 heterocycles. The number of rotatable bonds is 7. The van der Waals surface area contributed by atoms with Gasteiger partial charge in [-0.15, -0.1) is 0 Å². The van der Waals surface area contributed by atoms with Gasteiger partial charge in [-0.1, -0.05) is 6.92 Å². The molecule has 0 bridgehead atoms. The van der Waals surface area contributed by atoms with Gasteiger partial charge in [0, 0.05) is 31.5 Å². The Hall–Kier alpha value is -1.62. The van der Waals surface area contributed by atoms with Gasteiger partial charge in [0.1, 0.15) is 5.82 Å². The second-order valence-corrected chi connectivity index (χ2v) is 5.39. The summed E-state index contributed by atoms with van der Waals surface area (Å²) < 4.78 is 5.66. The Morgan fingerprint density at radius 2 is 2.33 bits per heavy atom. The third-order valence-corrected chi connectivity index (χ3v) is 3.60. The summed E-state index contributed by atoms with van der Waals surface area (Å²) >= 11 is 0. The number of hydrogen-bond donors (Lipinski definition) is 2. The van der Waals surface area contributed by atoms with E-state index in [1.54, 1.807) is 18.3 Å². The highest BCUT2D eigenvalue weighted by atomic mass is 16.5. The highest BCUT2D eigenvalue weighted by Gasteiger charge is 2.14. The van der Waals surface area contributed by atoms with Gasteiger partial charge in [-0.2, -0.15) is 0 Å². The normalized spacial score (nSPS) is 18.2. The van der Waals surface area contributed by atoms with Crippen molar-refractivity contribution in [3.05, 3.63) is 23.9 Å². The Morgan fingerprint density at radius 1 is 1.43 bits per heavy atom. The molecule has 1 unspecified atom stereocenters.